The van der Waals surface area contributed by atoms with Gasteiger partial charge in [0, 0.05) is 6.42 Å². The molecule has 0 radical (unpaired) electrons. The highest BCUT2D eigenvalue weighted by atomic mass is 16.1. The summed E-state index contributed by atoms with van der Waals surface area (Å²) in [5.74, 6) is 1.60. The van der Waals surface area contributed by atoms with Gasteiger partial charge in [0.1, 0.15) is 6.29 Å². The van der Waals surface area contributed by atoms with Crippen LogP contribution in [0.4, 0.5) is 0 Å². The number of hydrogen-bond acceptors (Lipinski definition) is 1. The molecule has 1 nitrogen and oxygen atoms in total. The standard InChI is InChI=1S/C11H18O/c1-9-3-5-11(7-8-12)6-4-10(9)2/h5,8-10H,3-4,6-7H2,1-2H3. The minimum atomic E-state index is 0.652. The van der Waals surface area contributed by atoms with E-state index >= 15 is 0 Å². The minimum absolute atomic E-state index is 0.652. The number of carbonyl (C=O) groups is 1. The van der Waals surface area contributed by atoms with Crippen molar-refractivity contribution in [2.24, 2.45) is 11.8 Å². The van der Waals surface area contributed by atoms with Gasteiger partial charge in [0.15, 0.2) is 0 Å². The minimum Gasteiger partial charge on any atom is -0.303 e. The van der Waals surface area contributed by atoms with Crippen LogP contribution in [0.2, 0.25) is 0 Å². The molecule has 0 aliphatic heterocycles. The van der Waals surface area contributed by atoms with Gasteiger partial charge in [-0.2, -0.15) is 0 Å². The molecular formula is C11H18O. The highest BCUT2D eigenvalue weighted by molar-refractivity contribution is 5.54. The molecule has 1 heteroatoms. The van der Waals surface area contributed by atoms with Crippen molar-refractivity contribution in [2.45, 2.75) is 39.5 Å². The lowest BCUT2D eigenvalue weighted by molar-refractivity contribution is -0.107. The Kier molecular flexibility index (Phi) is 3.51. The zero-order valence-electron chi connectivity index (χ0n) is 8.05. The second-order valence-corrected chi connectivity index (χ2v) is 3.96. The Hall–Kier alpha value is -0.590. The summed E-state index contributed by atoms with van der Waals surface area (Å²) < 4.78 is 0. The van der Waals surface area contributed by atoms with Crippen molar-refractivity contribution in [3.05, 3.63) is 11.6 Å². The summed E-state index contributed by atoms with van der Waals surface area (Å²) in [5.41, 5.74) is 1.35. The second kappa shape index (κ2) is 4.44. The Labute approximate surface area is 74.9 Å². The fourth-order valence-electron chi connectivity index (χ4n) is 1.68. The first-order chi connectivity index (χ1) is 5.74. The van der Waals surface area contributed by atoms with Crippen molar-refractivity contribution in [3.8, 4) is 0 Å². The van der Waals surface area contributed by atoms with Gasteiger partial charge in [0.2, 0.25) is 0 Å². The third-order valence-electron chi connectivity index (χ3n) is 3.02. The van der Waals surface area contributed by atoms with Crippen molar-refractivity contribution in [3.63, 3.8) is 0 Å². The molecule has 68 valence electrons. The Morgan fingerprint density at radius 2 is 2.25 bits per heavy atom. The van der Waals surface area contributed by atoms with E-state index in [1.165, 1.54) is 12.0 Å². The van der Waals surface area contributed by atoms with Crippen LogP contribution in [-0.2, 0) is 4.79 Å². The Morgan fingerprint density at radius 3 is 2.92 bits per heavy atom. The quantitative estimate of drug-likeness (QED) is 0.455. The van der Waals surface area contributed by atoms with Crippen LogP contribution in [0.1, 0.15) is 39.5 Å². The van der Waals surface area contributed by atoms with Gasteiger partial charge in [-0.05, 0) is 31.1 Å². The van der Waals surface area contributed by atoms with E-state index in [1.54, 1.807) is 0 Å². The van der Waals surface area contributed by atoms with E-state index in [1.807, 2.05) is 0 Å². The molecule has 0 heterocycles. The maximum atomic E-state index is 10.3. The summed E-state index contributed by atoms with van der Waals surface area (Å²) in [4.78, 5) is 10.3. The third-order valence-corrected chi connectivity index (χ3v) is 3.02. The summed E-state index contributed by atoms with van der Waals surface area (Å²) in [6, 6.07) is 0. The molecular weight excluding hydrogens is 148 g/mol. The van der Waals surface area contributed by atoms with Crippen LogP contribution in [0.5, 0.6) is 0 Å². The summed E-state index contributed by atoms with van der Waals surface area (Å²) in [7, 11) is 0. The summed E-state index contributed by atoms with van der Waals surface area (Å²) in [6.45, 7) is 4.60. The van der Waals surface area contributed by atoms with Crippen LogP contribution < -0.4 is 0 Å². The normalized spacial score (nSPS) is 30.7. The molecule has 1 aliphatic rings. The van der Waals surface area contributed by atoms with Gasteiger partial charge < -0.3 is 4.79 Å². The summed E-state index contributed by atoms with van der Waals surface area (Å²) in [5, 5.41) is 0. The number of hydrogen-bond donors (Lipinski definition) is 0. The molecule has 1 rings (SSSR count). The molecule has 12 heavy (non-hydrogen) atoms. The molecule has 1 aliphatic carbocycles. The number of rotatable bonds is 2. The van der Waals surface area contributed by atoms with E-state index < -0.39 is 0 Å². The molecule has 2 atom stereocenters. The number of allylic oxidation sites excluding steroid dienone is 2. The fourth-order valence-corrected chi connectivity index (χ4v) is 1.68. The number of carbonyl (C=O) groups excluding carboxylic acids is 1. The molecule has 0 saturated heterocycles. The zero-order valence-corrected chi connectivity index (χ0v) is 8.05. The average Bonchev–Trinajstić information content (AvgIpc) is 2.20. The monoisotopic (exact) mass is 166 g/mol. The third kappa shape index (κ3) is 2.47. The molecule has 0 aromatic heterocycles. The van der Waals surface area contributed by atoms with Gasteiger partial charge in [-0.25, -0.2) is 0 Å². The van der Waals surface area contributed by atoms with E-state index in [9.17, 15) is 4.79 Å². The predicted molar refractivity (Wildman–Crippen MR) is 50.9 cm³/mol. The van der Waals surface area contributed by atoms with Crippen LogP contribution >= 0.6 is 0 Å². The van der Waals surface area contributed by atoms with Gasteiger partial charge in [-0.1, -0.05) is 25.5 Å². The summed E-state index contributed by atoms with van der Waals surface area (Å²) >= 11 is 0. The first kappa shape index (κ1) is 9.50. The SMILES string of the molecule is CC1CC=C(CC=O)CCC1C. The van der Waals surface area contributed by atoms with E-state index in [0.717, 1.165) is 31.0 Å². The Balaban J connectivity index is 2.51. The highest BCUT2D eigenvalue weighted by Gasteiger charge is 2.15. The van der Waals surface area contributed by atoms with Crippen LogP contribution in [0.15, 0.2) is 11.6 Å². The van der Waals surface area contributed by atoms with E-state index in [4.69, 9.17) is 0 Å². The van der Waals surface area contributed by atoms with Crippen LogP contribution in [-0.4, -0.2) is 6.29 Å². The number of aldehydes is 1. The fraction of sp³-hybridized carbons (Fsp3) is 0.727. The molecule has 0 aromatic rings. The Bertz CT molecular complexity index is 181. The molecule has 0 fully saturated rings. The maximum absolute atomic E-state index is 10.3. The van der Waals surface area contributed by atoms with Gasteiger partial charge in [0.05, 0.1) is 0 Å². The lowest BCUT2D eigenvalue weighted by Crippen LogP contribution is -2.04. The predicted octanol–water partition coefficient (Wildman–Crippen LogP) is 2.96. The van der Waals surface area contributed by atoms with Crippen molar-refractivity contribution in [2.75, 3.05) is 0 Å². The molecule has 0 aromatic carbocycles. The van der Waals surface area contributed by atoms with Crippen molar-refractivity contribution in [1.29, 1.82) is 0 Å². The lowest BCUT2D eigenvalue weighted by atomic mass is 9.91. The van der Waals surface area contributed by atoms with Gasteiger partial charge in [-0.15, -0.1) is 0 Å². The highest BCUT2D eigenvalue weighted by Crippen LogP contribution is 2.28. The van der Waals surface area contributed by atoms with Crippen LogP contribution in [0, 0.1) is 11.8 Å². The van der Waals surface area contributed by atoms with Crippen molar-refractivity contribution >= 4 is 6.29 Å². The topological polar surface area (TPSA) is 17.1 Å². The molecule has 0 saturated carbocycles. The zero-order chi connectivity index (χ0) is 8.97. The van der Waals surface area contributed by atoms with Gasteiger partial charge in [0.25, 0.3) is 0 Å². The van der Waals surface area contributed by atoms with Crippen LogP contribution in [0.25, 0.3) is 0 Å². The first-order valence-electron chi connectivity index (χ1n) is 4.85. The molecule has 2 unspecified atom stereocenters. The summed E-state index contributed by atoms with van der Waals surface area (Å²) in [6.07, 6.45) is 7.48. The average molecular weight is 166 g/mol. The van der Waals surface area contributed by atoms with Gasteiger partial charge >= 0.3 is 0 Å². The maximum Gasteiger partial charge on any atom is 0.124 e. The smallest absolute Gasteiger partial charge is 0.124 e. The van der Waals surface area contributed by atoms with E-state index in [0.29, 0.717) is 6.42 Å². The lowest BCUT2D eigenvalue weighted by Gasteiger charge is -2.14. The van der Waals surface area contributed by atoms with Gasteiger partial charge in [-0.3, -0.25) is 0 Å². The van der Waals surface area contributed by atoms with E-state index in [-0.39, 0.29) is 0 Å². The molecule has 0 N–H and O–H groups in total. The largest absolute Gasteiger partial charge is 0.303 e. The van der Waals surface area contributed by atoms with E-state index in [2.05, 4.69) is 19.9 Å². The molecule has 0 amide bonds. The second-order valence-electron chi connectivity index (χ2n) is 3.96. The van der Waals surface area contributed by atoms with Crippen molar-refractivity contribution in [1.82, 2.24) is 0 Å². The molecule has 0 spiro atoms. The first-order valence-corrected chi connectivity index (χ1v) is 4.85. The Morgan fingerprint density at radius 1 is 1.50 bits per heavy atom. The molecule has 0 bridgehead atoms. The van der Waals surface area contributed by atoms with Crippen molar-refractivity contribution < 1.29 is 4.79 Å². The van der Waals surface area contributed by atoms with Crippen LogP contribution in [0.3, 0.4) is 0 Å².